The van der Waals surface area contributed by atoms with E-state index in [-0.39, 0.29) is 0 Å². The van der Waals surface area contributed by atoms with Gasteiger partial charge in [-0.25, -0.2) is 0 Å². The molecule has 2 aromatic rings. The zero-order valence-corrected chi connectivity index (χ0v) is 13.9. The maximum atomic E-state index is 2.52. The molecule has 22 heavy (non-hydrogen) atoms. The van der Waals surface area contributed by atoms with Crippen LogP contribution in [-0.4, -0.2) is 31.1 Å². The van der Waals surface area contributed by atoms with E-state index >= 15 is 0 Å². The van der Waals surface area contributed by atoms with E-state index in [1.54, 1.807) is 0 Å². The standard InChI is InChI=1S/C19H22N2S/c1-20-13-6-7-15(20)12-14-21-16-8-2-4-10-18(16)22-19-11-5-3-9-17(19)21/h2-5,8-11,15H,6-7,12-14H2,1H3. The summed E-state index contributed by atoms with van der Waals surface area (Å²) in [6, 6.07) is 18.3. The molecular formula is C19H22N2S. The second kappa shape index (κ2) is 5.98. The van der Waals surface area contributed by atoms with Gasteiger partial charge in [0, 0.05) is 22.4 Å². The largest absolute Gasteiger partial charge is 0.340 e. The van der Waals surface area contributed by atoms with E-state index in [0.29, 0.717) is 0 Å². The lowest BCUT2D eigenvalue weighted by Crippen LogP contribution is -2.30. The lowest BCUT2D eigenvalue weighted by Gasteiger charge is -2.34. The number of fused-ring (bicyclic) bond motifs is 2. The van der Waals surface area contributed by atoms with E-state index in [1.165, 1.54) is 47.0 Å². The van der Waals surface area contributed by atoms with Crippen molar-refractivity contribution in [3.05, 3.63) is 48.5 Å². The van der Waals surface area contributed by atoms with Gasteiger partial charge in [-0.15, -0.1) is 0 Å². The average Bonchev–Trinajstić information content (AvgIpc) is 2.96. The number of hydrogen-bond donors (Lipinski definition) is 0. The first-order chi connectivity index (χ1) is 10.8. The molecule has 0 radical (unpaired) electrons. The van der Waals surface area contributed by atoms with Crippen LogP contribution in [0.25, 0.3) is 0 Å². The topological polar surface area (TPSA) is 6.48 Å². The summed E-state index contributed by atoms with van der Waals surface area (Å²) in [6.45, 7) is 2.36. The van der Waals surface area contributed by atoms with Crippen molar-refractivity contribution in [2.24, 2.45) is 0 Å². The number of likely N-dealkylation sites (tertiary alicyclic amines) is 1. The Morgan fingerprint density at radius 2 is 1.64 bits per heavy atom. The third-order valence-corrected chi connectivity index (χ3v) is 6.02. The van der Waals surface area contributed by atoms with E-state index < -0.39 is 0 Å². The highest BCUT2D eigenvalue weighted by Crippen LogP contribution is 2.47. The van der Waals surface area contributed by atoms with E-state index in [1.807, 2.05) is 11.8 Å². The summed E-state index contributed by atoms with van der Waals surface area (Å²) < 4.78 is 0. The highest BCUT2D eigenvalue weighted by molar-refractivity contribution is 7.99. The van der Waals surface area contributed by atoms with Gasteiger partial charge in [0.15, 0.2) is 0 Å². The SMILES string of the molecule is CN1CCCC1CCN1c2ccccc2Sc2ccccc21. The lowest BCUT2D eigenvalue weighted by atomic mass is 10.1. The number of rotatable bonds is 3. The summed E-state index contributed by atoms with van der Waals surface area (Å²) in [6.07, 6.45) is 3.94. The van der Waals surface area contributed by atoms with E-state index in [4.69, 9.17) is 0 Å². The fourth-order valence-corrected chi connectivity index (χ4v) is 4.74. The van der Waals surface area contributed by atoms with Crippen molar-refractivity contribution in [1.82, 2.24) is 4.90 Å². The van der Waals surface area contributed by atoms with Crippen molar-refractivity contribution in [3.8, 4) is 0 Å². The molecule has 0 spiro atoms. The molecule has 0 bridgehead atoms. The second-order valence-corrected chi connectivity index (χ2v) is 7.34. The third-order valence-electron chi connectivity index (χ3n) is 4.89. The van der Waals surface area contributed by atoms with E-state index in [0.717, 1.165) is 12.6 Å². The highest BCUT2D eigenvalue weighted by Gasteiger charge is 2.25. The molecule has 1 saturated heterocycles. The van der Waals surface area contributed by atoms with Crippen molar-refractivity contribution in [2.75, 3.05) is 25.0 Å². The summed E-state index contributed by atoms with van der Waals surface area (Å²) >= 11 is 1.89. The Balaban J connectivity index is 1.63. The number of para-hydroxylation sites is 2. The van der Waals surface area contributed by atoms with Crippen LogP contribution in [0.15, 0.2) is 58.3 Å². The minimum atomic E-state index is 0.744. The molecule has 3 heteroatoms. The average molecular weight is 310 g/mol. The van der Waals surface area contributed by atoms with Gasteiger partial charge in [-0.2, -0.15) is 0 Å². The van der Waals surface area contributed by atoms with Crippen molar-refractivity contribution < 1.29 is 0 Å². The first kappa shape index (κ1) is 14.2. The van der Waals surface area contributed by atoms with Crippen LogP contribution < -0.4 is 4.90 Å². The molecule has 2 nitrogen and oxygen atoms in total. The molecule has 0 aromatic heterocycles. The van der Waals surface area contributed by atoms with Gasteiger partial charge < -0.3 is 9.80 Å². The van der Waals surface area contributed by atoms with Gasteiger partial charge in [0.2, 0.25) is 0 Å². The fourth-order valence-electron chi connectivity index (χ4n) is 3.64. The smallest absolute Gasteiger partial charge is 0.0552 e. The van der Waals surface area contributed by atoms with Gasteiger partial charge >= 0.3 is 0 Å². The van der Waals surface area contributed by atoms with Crippen molar-refractivity contribution >= 4 is 23.1 Å². The number of anilines is 2. The second-order valence-electron chi connectivity index (χ2n) is 6.25. The molecule has 0 aliphatic carbocycles. The Hall–Kier alpha value is -1.45. The summed E-state index contributed by atoms with van der Waals surface area (Å²) in [7, 11) is 2.27. The molecule has 4 rings (SSSR count). The first-order valence-corrected chi connectivity index (χ1v) is 8.98. The zero-order valence-electron chi connectivity index (χ0n) is 13.0. The molecule has 2 aliphatic heterocycles. The minimum Gasteiger partial charge on any atom is -0.340 e. The maximum Gasteiger partial charge on any atom is 0.0552 e. The predicted molar refractivity (Wildman–Crippen MR) is 94.3 cm³/mol. The highest BCUT2D eigenvalue weighted by atomic mass is 32.2. The van der Waals surface area contributed by atoms with Crippen LogP contribution in [0.5, 0.6) is 0 Å². The fraction of sp³-hybridized carbons (Fsp3) is 0.368. The molecule has 2 heterocycles. The molecular weight excluding hydrogens is 288 g/mol. The Labute approximate surface area is 137 Å². The van der Waals surface area contributed by atoms with Crippen molar-refractivity contribution in [2.45, 2.75) is 35.1 Å². The monoisotopic (exact) mass is 310 g/mol. The van der Waals surface area contributed by atoms with Crippen molar-refractivity contribution in [1.29, 1.82) is 0 Å². The van der Waals surface area contributed by atoms with Crippen LogP contribution in [0, 0.1) is 0 Å². The predicted octanol–water partition coefficient (Wildman–Crippen LogP) is 4.77. The first-order valence-electron chi connectivity index (χ1n) is 8.16. The molecule has 0 amide bonds. The molecule has 2 aromatic carbocycles. The minimum absolute atomic E-state index is 0.744. The maximum absolute atomic E-state index is 2.52. The van der Waals surface area contributed by atoms with Crippen LogP contribution in [-0.2, 0) is 0 Å². The number of nitrogens with zero attached hydrogens (tertiary/aromatic N) is 2. The molecule has 114 valence electrons. The molecule has 2 aliphatic rings. The van der Waals surface area contributed by atoms with Gasteiger partial charge in [-0.3, -0.25) is 0 Å². The Kier molecular flexibility index (Phi) is 3.85. The van der Waals surface area contributed by atoms with E-state index in [2.05, 4.69) is 65.4 Å². The summed E-state index contributed by atoms with van der Waals surface area (Å²) in [4.78, 5) is 7.80. The number of benzene rings is 2. The third kappa shape index (κ3) is 2.53. The van der Waals surface area contributed by atoms with Gasteiger partial charge in [-0.1, -0.05) is 36.0 Å². The molecule has 1 unspecified atom stereocenters. The van der Waals surface area contributed by atoms with E-state index in [9.17, 15) is 0 Å². The lowest BCUT2D eigenvalue weighted by molar-refractivity contribution is 0.299. The normalized spacial score (nSPS) is 20.8. The van der Waals surface area contributed by atoms with Gasteiger partial charge in [0.05, 0.1) is 11.4 Å². The summed E-state index contributed by atoms with van der Waals surface area (Å²) in [5.74, 6) is 0. The zero-order chi connectivity index (χ0) is 14.9. The van der Waals surface area contributed by atoms with Crippen LogP contribution >= 0.6 is 11.8 Å². The van der Waals surface area contributed by atoms with Crippen molar-refractivity contribution in [3.63, 3.8) is 0 Å². The van der Waals surface area contributed by atoms with Gasteiger partial charge in [-0.05, 0) is 57.1 Å². The Morgan fingerprint density at radius 1 is 1.00 bits per heavy atom. The molecule has 1 atom stereocenters. The molecule has 0 saturated carbocycles. The summed E-state index contributed by atoms with van der Waals surface area (Å²) in [5.41, 5.74) is 2.73. The van der Waals surface area contributed by atoms with Crippen LogP contribution in [0.4, 0.5) is 11.4 Å². The Bertz CT molecular complexity index is 624. The van der Waals surface area contributed by atoms with Gasteiger partial charge in [0.1, 0.15) is 0 Å². The molecule has 0 N–H and O–H groups in total. The summed E-state index contributed by atoms with van der Waals surface area (Å²) in [5, 5.41) is 0. The van der Waals surface area contributed by atoms with Crippen LogP contribution in [0.1, 0.15) is 19.3 Å². The van der Waals surface area contributed by atoms with Crippen LogP contribution in [0.2, 0.25) is 0 Å². The Morgan fingerprint density at radius 3 is 2.23 bits per heavy atom. The van der Waals surface area contributed by atoms with Gasteiger partial charge in [0.25, 0.3) is 0 Å². The number of hydrogen-bond acceptors (Lipinski definition) is 3. The quantitative estimate of drug-likeness (QED) is 0.806. The molecule has 1 fully saturated rings. The van der Waals surface area contributed by atoms with Crippen LogP contribution in [0.3, 0.4) is 0 Å².